The van der Waals surface area contributed by atoms with E-state index in [0.29, 0.717) is 24.4 Å². The second-order valence-electron chi connectivity index (χ2n) is 7.51. The van der Waals surface area contributed by atoms with Crippen LogP contribution in [0.1, 0.15) is 28.8 Å². The molecule has 2 aromatic carbocycles. The lowest BCUT2D eigenvalue weighted by Crippen LogP contribution is -2.36. The van der Waals surface area contributed by atoms with Gasteiger partial charge in [0.15, 0.2) is 0 Å². The third kappa shape index (κ3) is 5.90. The Morgan fingerprint density at radius 1 is 1.13 bits per heavy atom. The van der Waals surface area contributed by atoms with Gasteiger partial charge >= 0.3 is 0 Å². The van der Waals surface area contributed by atoms with Crippen LogP contribution >= 0.6 is 0 Å². The predicted octanol–water partition coefficient (Wildman–Crippen LogP) is 2.16. The van der Waals surface area contributed by atoms with Crippen LogP contribution in [-0.2, 0) is 19.6 Å². The van der Waals surface area contributed by atoms with Crippen LogP contribution in [0.25, 0.3) is 0 Å². The number of nitrogens with zero attached hydrogens (tertiary/aromatic N) is 1. The van der Waals surface area contributed by atoms with E-state index in [1.54, 1.807) is 36.4 Å². The van der Waals surface area contributed by atoms with E-state index in [0.717, 1.165) is 22.7 Å². The van der Waals surface area contributed by atoms with Crippen molar-refractivity contribution in [3.8, 4) is 0 Å². The SMILES string of the molecule is Cc1ccc(S(=O)(=O)N(C)CC(=O)Nc2ccccc2C(=O)NC[C@@H]2CCCO2)cc1. The zero-order chi connectivity index (χ0) is 22.4. The number of hydrogen-bond donors (Lipinski definition) is 2. The van der Waals surface area contributed by atoms with E-state index in [9.17, 15) is 18.0 Å². The number of carbonyl (C=O) groups excluding carboxylic acids is 2. The summed E-state index contributed by atoms with van der Waals surface area (Å²) in [7, 11) is -2.47. The van der Waals surface area contributed by atoms with Crippen molar-refractivity contribution in [2.24, 2.45) is 0 Å². The number of aryl methyl sites for hydroxylation is 1. The molecule has 31 heavy (non-hydrogen) atoms. The van der Waals surface area contributed by atoms with Crippen LogP contribution in [0.15, 0.2) is 53.4 Å². The number of carbonyl (C=O) groups is 2. The molecule has 9 heteroatoms. The Morgan fingerprint density at radius 3 is 2.52 bits per heavy atom. The van der Waals surface area contributed by atoms with Crippen LogP contribution < -0.4 is 10.6 Å². The molecule has 2 aromatic rings. The lowest BCUT2D eigenvalue weighted by atomic mass is 10.1. The summed E-state index contributed by atoms with van der Waals surface area (Å²) < 4.78 is 31.9. The molecule has 2 N–H and O–H groups in total. The van der Waals surface area contributed by atoms with Gasteiger partial charge in [-0.1, -0.05) is 29.8 Å². The number of benzene rings is 2. The summed E-state index contributed by atoms with van der Waals surface area (Å²) in [6.07, 6.45) is 1.89. The fourth-order valence-corrected chi connectivity index (χ4v) is 4.39. The average Bonchev–Trinajstić information content (AvgIpc) is 3.26. The molecule has 1 saturated heterocycles. The van der Waals surface area contributed by atoms with Gasteiger partial charge in [0.1, 0.15) is 0 Å². The summed E-state index contributed by atoms with van der Waals surface area (Å²) in [6.45, 7) is 2.58. The summed E-state index contributed by atoms with van der Waals surface area (Å²) in [5.41, 5.74) is 1.56. The summed E-state index contributed by atoms with van der Waals surface area (Å²) in [4.78, 5) is 25.2. The molecule has 0 radical (unpaired) electrons. The fourth-order valence-electron chi connectivity index (χ4n) is 3.26. The molecule has 1 fully saturated rings. The van der Waals surface area contributed by atoms with Crippen molar-refractivity contribution >= 4 is 27.5 Å². The van der Waals surface area contributed by atoms with Crippen LogP contribution in [0.3, 0.4) is 0 Å². The molecule has 1 aliphatic heterocycles. The van der Waals surface area contributed by atoms with Crippen LogP contribution in [0, 0.1) is 6.92 Å². The average molecular weight is 446 g/mol. The van der Waals surface area contributed by atoms with Crippen molar-refractivity contribution in [2.45, 2.75) is 30.8 Å². The monoisotopic (exact) mass is 445 g/mol. The second-order valence-corrected chi connectivity index (χ2v) is 9.56. The minimum Gasteiger partial charge on any atom is -0.376 e. The molecule has 166 valence electrons. The number of amides is 2. The largest absolute Gasteiger partial charge is 0.376 e. The molecule has 0 saturated carbocycles. The number of nitrogens with one attached hydrogen (secondary N) is 2. The molecule has 2 amide bonds. The van der Waals surface area contributed by atoms with Gasteiger partial charge in [-0.3, -0.25) is 9.59 Å². The first-order valence-electron chi connectivity index (χ1n) is 10.1. The Hall–Kier alpha value is -2.75. The van der Waals surface area contributed by atoms with Gasteiger partial charge in [-0.2, -0.15) is 4.31 Å². The lowest BCUT2D eigenvalue weighted by molar-refractivity contribution is -0.116. The van der Waals surface area contributed by atoms with E-state index in [-0.39, 0.29) is 23.5 Å². The summed E-state index contributed by atoms with van der Waals surface area (Å²) in [5.74, 6) is -0.871. The van der Waals surface area contributed by atoms with Crippen molar-refractivity contribution in [3.05, 3.63) is 59.7 Å². The highest BCUT2D eigenvalue weighted by atomic mass is 32.2. The van der Waals surface area contributed by atoms with Crippen LogP contribution in [0.5, 0.6) is 0 Å². The molecule has 1 aliphatic rings. The van der Waals surface area contributed by atoms with Crippen molar-refractivity contribution in [2.75, 3.05) is 32.1 Å². The van der Waals surface area contributed by atoms with E-state index in [1.165, 1.54) is 19.2 Å². The standard InChI is InChI=1S/C22H27N3O5S/c1-16-9-11-18(12-10-16)31(28,29)25(2)15-21(26)24-20-8-4-3-7-19(20)22(27)23-14-17-6-5-13-30-17/h3-4,7-12,17H,5-6,13-15H2,1-2H3,(H,23,27)(H,24,26)/t17-/m0/s1. The molecule has 0 aliphatic carbocycles. The van der Waals surface area contributed by atoms with Crippen LogP contribution in [0.4, 0.5) is 5.69 Å². The molecule has 0 unspecified atom stereocenters. The summed E-state index contributed by atoms with van der Waals surface area (Å²) in [5, 5.41) is 5.47. The first-order valence-corrected chi connectivity index (χ1v) is 11.5. The highest BCUT2D eigenvalue weighted by molar-refractivity contribution is 7.89. The molecule has 8 nitrogen and oxygen atoms in total. The molecule has 1 atom stereocenters. The fraction of sp³-hybridized carbons (Fsp3) is 0.364. The van der Waals surface area contributed by atoms with Crippen LogP contribution in [0.2, 0.25) is 0 Å². The van der Waals surface area contributed by atoms with Crippen molar-refractivity contribution in [3.63, 3.8) is 0 Å². The smallest absolute Gasteiger partial charge is 0.253 e. The molecule has 0 bridgehead atoms. The van der Waals surface area contributed by atoms with Gasteiger partial charge in [-0.15, -0.1) is 0 Å². The first-order chi connectivity index (χ1) is 14.8. The Kier molecular flexibility index (Phi) is 7.42. The van der Waals surface area contributed by atoms with Crippen LogP contribution in [-0.4, -0.2) is 57.4 Å². The lowest BCUT2D eigenvalue weighted by Gasteiger charge is -2.18. The molecule has 3 rings (SSSR count). The Bertz CT molecular complexity index is 1030. The van der Waals surface area contributed by atoms with Crippen molar-refractivity contribution in [1.29, 1.82) is 0 Å². The van der Waals surface area contributed by atoms with Crippen molar-refractivity contribution in [1.82, 2.24) is 9.62 Å². The zero-order valence-corrected chi connectivity index (χ0v) is 18.4. The Balaban J connectivity index is 1.63. The Morgan fingerprint density at radius 2 is 1.84 bits per heavy atom. The van der Waals surface area contributed by atoms with Gasteiger partial charge in [0, 0.05) is 20.2 Å². The maximum absolute atomic E-state index is 12.7. The number of likely N-dealkylation sites (N-methyl/N-ethyl adjacent to an activating group) is 1. The minimum absolute atomic E-state index is 0.00586. The highest BCUT2D eigenvalue weighted by Crippen LogP contribution is 2.18. The van der Waals surface area contributed by atoms with Crippen molar-refractivity contribution < 1.29 is 22.7 Å². The number of rotatable bonds is 8. The maximum atomic E-state index is 12.7. The third-order valence-electron chi connectivity index (χ3n) is 5.06. The Labute approximate surface area is 182 Å². The van der Waals surface area contributed by atoms with Gasteiger partial charge in [0.2, 0.25) is 15.9 Å². The molecule has 1 heterocycles. The molecular formula is C22H27N3O5S. The molecular weight excluding hydrogens is 418 g/mol. The van der Waals surface area contributed by atoms with Gasteiger partial charge in [-0.25, -0.2) is 8.42 Å². The molecule has 0 spiro atoms. The van der Waals surface area contributed by atoms with E-state index in [4.69, 9.17) is 4.74 Å². The van der Waals surface area contributed by atoms with E-state index in [1.807, 2.05) is 6.92 Å². The number of sulfonamides is 1. The zero-order valence-electron chi connectivity index (χ0n) is 17.6. The first kappa shape index (κ1) is 22.9. The minimum atomic E-state index is -3.81. The van der Waals surface area contributed by atoms with E-state index < -0.39 is 15.9 Å². The summed E-state index contributed by atoms with van der Waals surface area (Å²) in [6, 6.07) is 13.0. The number of para-hydroxylation sites is 1. The highest BCUT2D eigenvalue weighted by Gasteiger charge is 2.24. The topological polar surface area (TPSA) is 105 Å². The normalized spacial score (nSPS) is 16.3. The summed E-state index contributed by atoms with van der Waals surface area (Å²) >= 11 is 0. The van der Waals surface area contributed by atoms with E-state index >= 15 is 0 Å². The predicted molar refractivity (Wildman–Crippen MR) is 117 cm³/mol. The number of hydrogen-bond acceptors (Lipinski definition) is 5. The van der Waals surface area contributed by atoms with Gasteiger partial charge in [0.25, 0.3) is 5.91 Å². The third-order valence-corrected chi connectivity index (χ3v) is 6.87. The molecule has 0 aromatic heterocycles. The van der Waals surface area contributed by atoms with Gasteiger partial charge < -0.3 is 15.4 Å². The van der Waals surface area contributed by atoms with Gasteiger partial charge in [0.05, 0.1) is 28.8 Å². The maximum Gasteiger partial charge on any atom is 0.253 e. The van der Waals surface area contributed by atoms with E-state index in [2.05, 4.69) is 10.6 Å². The quantitative estimate of drug-likeness (QED) is 0.648. The number of anilines is 1. The number of ether oxygens (including phenoxy) is 1. The van der Waals surface area contributed by atoms with Gasteiger partial charge in [-0.05, 0) is 44.0 Å². The second kappa shape index (κ2) is 10.0.